The van der Waals surface area contributed by atoms with Gasteiger partial charge in [-0.1, -0.05) is 0 Å². The van der Waals surface area contributed by atoms with E-state index < -0.39 is 12.0 Å². The molecule has 3 rings (SSSR count). The lowest BCUT2D eigenvalue weighted by molar-refractivity contribution is -0.141. The maximum atomic E-state index is 11.4. The number of aromatic nitrogens is 3. The van der Waals surface area contributed by atoms with E-state index in [1.54, 1.807) is 0 Å². The first-order valence-corrected chi connectivity index (χ1v) is 7.02. The van der Waals surface area contributed by atoms with Gasteiger partial charge in [0.25, 0.3) is 0 Å². The molecule has 0 spiro atoms. The molecule has 2 aliphatic heterocycles. The minimum Gasteiger partial charge on any atom is -0.480 e. The van der Waals surface area contributed by atoms with Crippen molar-refractivity contribution in [1.82, 2.24) is 19.7 Å². The fraction of sp³-hybridized carbons (Fsp3) is 0.769. The van der Waals surface area contributed by atoms with E-state index in [1.807, 2.05) is 4.57 Å². The van der Waals surface area contributed by atoms with Crippen LogP contribution in [0.3, 0.4) is 0 Å². The van der Waals surface area contributed by atoms with Crippen LogP contribution in [-0.4, -0.2) is 50.4 Å². The molecule has 1 aromatic heterocycles. The van der Waals surface area contributed by atoms with Crippen LogP contribution >= 0.6 is 0 Å². The summed E-state index contributed by atoms with van der Waals surface area (Å²) in [5, 5.41) is 17.8. The van der Waals surface area contributed by atoms with Crippen LogP contribution in [0.1, 0.15) is 43.4 Å². The Bertz CT molecular complexity index is 485. The first kappa shape index (κ1) is 12.6. The summed E-state index contributed by atoms with van der Waals surface area (Å²) >= 11 is 0. The van der Waals surface area contributed by atoms with E-state index in [2.05, 4.69) is 22.1 Å². The predicted molar refractivity (Wildman–Crippen MR) is 69.0 cm³/mol. The van der Waals surface area contributed by atoms with Crippen LogP contribution in [-0.2, 0) is 17.6 Å². The Morgan fingerprint density at radius 2 is 2.21 bits per heavy atom. The smallest absolute Gasteiger partial charge is 0.326 e. The molecule has 104 valence electrons. The summed E-state index contributed by atoms with van der Waals surface area (Å²) in [7, 11) is 2.12. The highest BCUT2D eigenvalue weighted by Crippen LogP contribution is 2.27. The lowest BCUT2D eigenvalue weighted by Gasteiger charge is -2.24. The predicted octanol–water partition coefficient (Wildman–Crippen LogP) is 0.877. The minimum absolute atomic E-state index is 0.472. The van der Waals surface area contributed by atoms with Gasteiger partial charge in [-0.25, -0.2) is 4.79 Å². The topological polar surface area (TPSA) is 71.2 Å². The third-order valence-corrected chi connectivity index (χ3v) is 4.40. The van der Waals surface area contributed by atoms with Gasteiger partial charge in [0.1, 0.15) is 17.7 Å². The first-order chi connectivity index (χ1) is 9.16. The van der Waals surface area contributed by atoms with Crippen molar-refractivity contribution < 1.29 is 9.90 Å². The van der Waals surface area contributed by atoms with Gasteiger partial charge in [-0.3, -0.25) is 0 Å². The fourth-order valence-corrected chi connectivity index (χ4v) is 3.29. The maximum Gasteiger partial charge on any atom is 0.326 e. The highest BCUT2D eigenvalue weighted by Gasteiger charge is 2.31. The highest BCUT2D eigenvalue weighted by atomic mass is 16.4. The number of hydrogen-bond acceptors (Lipinski definition) is 4. The van der Waals surface area contributed by atoms with E-state index in [0.29, 0.717) is 12.5 Å². The van der Waals surface area contributed by atoms with Crippen LogP contribution in [0.25, 0.3) is 0 Å². The van der Waals surface area contributed by atoms with Gasteiger partial charge in [-0.05, 0) is 39.3 Å². The van der Waals surface area contributed by atoms with E-state index in [9.17, 15) is 9.90 Å². The molecule has 6 heteroatoms. The number of fused-ring (bicyclic) bond motifs is 1. The number of carbonyl (C=O) groups is 1. The Hall–Kier alpha value is -1.43. The molecule has 0 bridgehead atoms. The van der Waals surface area contributed by atoms with Crippen molar-refractivity contribution >= 4 is 5.97 Å². The SMILES string of the molecule is CN1CCCC1Cc1nnc2n1C(C(=O)O)CCC2. The van der Waals surface area contributed by atoms with E-state index in [0.717, 1.165) is 43.9 Å². The second-order valence-electron chi connectivity index (χ2n) is 5.63. The molecule has 0 saturated carbocycles. The van der Waals surface area contributed by atoms with E-state index >= 15 is 0 Å². The molecule has 2 unspecified atom stereocenters. The van der Waals surface area contributed by atoms with E-state index in [4.69, 9.17) is 0 Å². The molecule has 0 aliphatic carbocycles. The van der Waals surface area contributed by atoms with Gasteiger partial charge in [0.15, 0.2) is 0 Å². The molecule has 2 aliphatic rings. The normalized spacial score (nSPS) is 27.4. The quantitative estimate of drug-likeness (QED) is 0.877. The van der Waals surface area contributed by atoms with Crippen molar-refractivity contribution in [1.29, 1.82) is 0 Å². The molecule has 1 fully saturated rings. The van der Waals surface area contributed by atoms with Crippen molar-refractivity contribution in [3.63, 3.8) is 0 Å². The summed E-state index contributed by atoms with van der Waals surface area (Å²) in [6.45, 7) is 1.12. The zero-order chi connectivity index (χ0) is 13.4. The van der Waals surface area contributed by atoms with E-state index in [1.165, 1.54) is 6.42 Å². The highest BCUT2D eigenvalue weighted by molar-refractivity contribution is 5.72. The average molecular weight is 264 g/mol. The number of hydrogen-bond donors (Lipinski definition) is 1. The number of likely N-dealkylation sites (tertiary alicyclic amines) is 1. The van der Waals surface area contributed by atoms with Gasteiger partial charge in [-0.2, -0.15) is 0 Å². The largest absolute Gasteiger partial charge is 0.480 e. The fourth-order valence-electron chi connectivity index (χ4n) is 3.29. The van der Waals surface area contributed by atoms with Crippen molar-refractivity contribution in [2.24, 2.45) is 0 Å². The minimum atomic E-state index is -0.762. The van der Waals surface area contributed by atoms with Crippen molar-refractivity contribution in [2.75, 3.05) is 13.6 Å². The van der Waals surface area contributed by atoms with Crippen molar-refractivity contribution in [3.8, 4) is 0 Å². The van der Waals surface area contributed by atoms with E-state index in [-0.39, 0.29) is 0 Å². The standard InChI is InChI=1S/C13H20N4O2/c1-16-7-3-4-9(16)8-12-15-14-11-6-2-5-10(13(18)19)17(11)12/h9-10H,2-8H2,1H3,(H,18,19). The van der Waals surface area contributed by atoms with Gasteiger partial charge in [-0.15, -0.1) is 10.2 Å². The second kappa shape index (κ2) is 4.92. The third kappa shape index (κ3) is 2.25. The molecule has 19 heavy (non-hydrogen) atoms. The summed E-state index contributed by atoms with van der Waals surface area (Å²) in [5.74, 6) is 0.928. The lowest BCUT2D eigenvalue weighted by atomic mass is 10.0. The number of nitrogens with zero attached hydrogens (tertiary/aromatic N) is 4. The Balaban J connectivity index is 1.86. The number of aliphatic carboxylic acids is 1. The van der Waals surface area contributed by atoms with Crippen LogP contribution < -0.4 is 0 Å². The Morgan fingerprint density at radius 1 is 1.37 bits per heavy atom. The number of carboxylic acids is 1. The molecular weight excluding hydrogens is 244 g/mol. The van der Waals surface area contributed by atoms with Crippen LogP contribution in [0.4, 0.5) is 0 Å². The molecule has 1 N–H and O–H groups in total. The van der Waals surface area contributed by atoms with Gasteiger partial charge in [0.05, 0.1) is 0 Å². The van der Waals surface area contributed by atoms with Gasteiger partial charge >= 0.3 is 5.97 Å². The Kier molecular flexibility index (Phi) is 3.26. The molecule has 0 amide bonds. The van der Waals surface area contributed by atoms with Crippen LogP contribution in [0, 0.1) is 0 Å². The summed E-state index contributed by atoms with van der Waals surface area (Å²) in [5.41, 5.74) is 0. The molecule has 3 heterocycles. The Labute approximate surface area is 112 Å². The number of aryl methyl sites for hydroxylation is 1. The summed E-state index contributed by atoms with van der Waals surface area (Å²) in [6.07, 6.45) is 5.61. The van der Waals surface area contributed by atoms with Gasteiger partial charge in [0, 0.05) is 18.9 Å². The summed E-state index contributed by atoms with van der Waals surface area (Å²) in [6, 6.07) is 0.00475. The first-order valence-electron chi connectivity index (χ1n) is 7.02. The monoisotopic (exact) mass is 264 g/mol. The second-order valence-corrected chi connectivity index (χ2v) is 5.63. The third-order valence-electron chi connectivity index (χ3n) is 4.40. The van der Waals surface area contributed by atoms with Gasteiger partial charge in [0.2, 0.25) is 0 Å². The number of rotatable bonds is 3. The molecule has 0 aromatic carbocycles. The molecule has 0 radical (unpaired) electrons. The van der Waals surface area contributed by atoms with Crippen LogP contribution in [0.15, 0.2) is 0 Å². The summed E-state index contributed by atoms with van der Waals surface area (Å²) < 4.78 is 1.87. The summed E-state index contributed by atoms with van der Waals surface area (Å²) in [4.78, 5) is 13.7. The number of likely N-dealkylation sites (N-methyl/N-ethyl adjacent to an activating group) is 1. The lowest BCUT2D eigenvalue weighted by Crippen LogP contribution is -2.31. The zero-order valence-corrected chi connectivity index (χ0v) is 11.2. The van der Waals surface area contributed by atoms with Crippen molar-refractivity contribution in [2.45, 2.75) is 50.6 Å². The number of carboxylic acid groups (broad SMARTS) is 1. The van der Waals surface area contributed by atoms with Crippen molar-refractivity contribution in [3.05, 3.63) is 11.6 Å². The molecule has 6 nitrogen and oxygen atoms in total. The Morgan fingerprint density at radius 3 is 2.89 bits per heavy atom. The van der Waals surface area contributed by atoms with Crippen LogP contribution in [0.2, 0.25) is 0 Å². The zero-order valence-electron chi connectivity index (χ0n) is 11.2. The molecular formula is C13H20N4O2. The maximum absolute atomic E-state index is 11.4. The average Bonchev–Trinajstić information content (AvgIpc) is 2.97. The van der Waals surface area contributed by atoms with Gasteiger partial charge < -0.3 is 14.6 Å². The molecule has 1 aromatic rings. The van der Waals surface area contributed by atoms with Crippen LogP contribution in [0.5, 0.6) is 0 Å². The molecule has 2 atom stereocenters. The molecule has 1 saturated heterocycles.